The van der Waals surface area contributed by atoms with Gasteiger partial charge in [-0.1, -0.05) is 11.6 Å². The molecular weight excluding hydrogens is 298 g/mol. The first kappa shape index (κ1) is 15.2. The highest BCUT2D eigenvalue weighted by atomic mass is 35.5. The van der Waals surface area contributed by atoms with Crippen LogP contribution in [0.3, 0.4) is 0 Å². The number of hydrogen-bond donors (Lipinski definition) is 2. The van der Waals surface area contributed by atoms with E-state index in [1.807, 2.05) is 12.1 Å². The van der Waals surface area contributed by atoms with Crippen LogP contribution in [0.5, 0.6) is 0 Å². The molecule has 1 saturated carbocycles. The summed E-state index contributed by atoms with van der Waals surface area (Å²) >= 11 is 7.23. The van der Waals surface area contributed by atoms with Gasteiger partial charge in [-0.05, 0) is 43.5 Å². The average molecular weight is 314 g/mol. The normalized spacial score (nSPS) is 21.6. The summed E-state index contributed by atoms with van der Waals surface area (Å²) < 4.78 is 0. The Bertz CT molecular complexity index is 492. The average Bonchev–Trinajstić information content (AvgIpc) is 2.87. The molecule has 1 aliphatic carbocycles. The number of benzene rings is 1. The van der Waals surface area contributed by atoms with E-state index in [1.165, 1.54) is 11.8 Å². The van der Waals surface area contributed by atoms with Crippen LogP contribution in [0, 0.1) is 5.92 Å². The van der Waals surface area contributed by atoms with Crippen molar-refractivity contribution in [2.24, 2.45) is 5.92 Å². The number of amides is 1. The number of carboxylic acids is 1. The lowest BCUT2D eigenvalue weighted by Crippen LogP contribution is -2.34. The van der Waals surface area contributed by atoms with E-state index in [1.54, 1.807) is 12.1 Å². The monoisotopic (exact) mass is 313 g/mol. The van der Waals surface area contributed by atoms with Crippen molar-refractivity contribution in [2.75, 3.05) is 5.75 Å². The van der Waals surface area contributed by atoms with Crippen LogP contribution in [0.2, 0.25) is 5.02 Å². The van der Waals surface area contributed by atoms with Crippen molar-refractivity contribution in [3.8, 4) is 0 Å². The van der Waals surface area contributed by atoms with Gasteiger partial charge in [-0.3, -0.25) is 9.59 Å². The van der Waals surface area contributed by atoms with Crippen molar-refractivity contribution >= 4 is 35.2 Å². The molecule has 0 heterocycles. The minimum Gasteiger partial charge on any atom is -0.481 e. The molecule has 1 fully saturated rings. The Labute approximate surface area is 126 Å². The zero-order chi connectivity index (χ0) is 14.5. The maximum absolute atomic E-state index is 11.8. The second kappa shape index (κ2) is 6.99. The van der Waals surface area contributed by atoms with Crippen LogP contribution in [-0.2, 0) is 9.59 Å². The Kier molecular flexibility index (Phi) is 5.31. The Morgan fingerprint density at radius 2 is 2.00 bits per heavy atom. The second-order valence-corrected chi connectivity index (χ2v) is 6.34. The molecule has 4 nitrogen and oxygen atoms in total. The molecule has 0 aromatic heterocycles. The predicted molar refractivity (Wildman–Crippen MR) is 79.1 cm³/mol. The van der Waals surface area contributed by atoms with Gasteiger partial charge in [0.1, 0.15) is 0 Å². The number of carbonyl (C=O) groups excluding carboxylic acids is 1. The van der Waals surface area contributed by atoms with Crippen molar-refractivity contribution in [3.63, 3.8) is 0 Å². The highest BCUT2D eigenvalue weighted by Gasteiger charge is 2.30. The van der Waals surface area contributed by atoms with E-state index in [2.05, 4.69) is 5.32 Å². The van der Waals surface area contributed by atoms with Gasteiger partial charge in [0, 0.05) is 16.0 Å². The Balaban J connectivity index is 1.73. The van der Waals surface area contributed by atoms with Crippen LogP contribution in [0.1, 0.15) is 19.3 Å². The molecule has 0 bridgehead atoms. The Morgan fingerprint density at radius 1 is 1.30 bits per heavy atom. The number of carbonyl (C=O) groups is 2. The van der Waals surface area contributed by atoms with Crippen molar-refractivity contribution in [2.45, 2.75) is 30.2 Å². The summed E-state index contributed by atoms with van der Waals surface area (Å²) in [5, 5.41) is 12.5. The number of nitrogens with one attached hydrogen (secondary N) is 1. The molecule has 1 aromatic rings. The standard InChI is InChI=1S/C14H16ClNO3S/c15-10-2-5-12(6-3-10)20-8-13(17)16-11-4-1-9(7-11)14(18)19/h2-3,5-6,9,11H,1,4,7-8H2,(H,16,17)(H,18,19). The molecule has 0 spiro atoms. The van der Waals surface area contributed by atoms with E-state index < -0.39 is 5.97 Å². The van der Waals surface area contributed by atoms with Gasteiger partial charge in [0.2, 0.25) is 5.91 Å². The maximum Gasteiger partial charge on any atom is 0.306 e. The predicted octanol–water partition coefficient (Wildman–Crippen LogP) is 2.80. The van der Waals surface area contributed by atoms with E-state index in [0.29, 0.717) is 23.6 Å². The highest BCUT2D eigenvalue weighted by molar-refractivity contribution is 8.00. The van der Waals surface area contributed by atoms with E-state index in [0.717, 1.165) is 11.3 Å². The Morgan fingerprint density at radius 3 is 2.60 bits per heavy atom. The SMILES string of the molecule is O=C(CSc1ccc(Cl)cc1)NC1CCC(C(=O)O)C1. The third kappa shape index (κ3) is 4.42. The number of thioether (sulfide) groups is 1. The van der Waals surface area contributed by atoms with Crippen molar-refractivity contribution < 1.29 is 14.7 Å². The van der Waals surface area contributed by atoms with E-state index in [9.17, 15) is 9.59 Å². The molecule has 2 rings (SSSR count). The minimum atomic E-state index is -0.766. The summed E-state index contributed by atoms with van der Waals surface area (Å²) in [4.78, 5) is 23.6. The molecule has 0 aliphatic heterocycles. The number of halogens is 1. The quantitative estimate of drug-likeness (QED) is 0.820. The molecule has 20 heavy (non-hydrogen) atoms. The highest BCUT2D eigenvalue weighted by Crippen LogP contribution is 2.26. The smallest absolute Gasteiger partial charge is 0.306 e. The summed E-state index contributed by atoms with van der Waals surface area (Å²) in [6, 6.07) is 7.31. The van der Waals surface area contributed by atoms with Gasteiger partial charge >= 0.3 is 5.97 Å². The molecule has 0 radical (unpaired) electrons. The summed E-state index contributed by atoms with van der Waals surface area (Å²) in [5.74, 6) is -0.807. The molecule has 1 aromatic carbocycles. The lowest BCUT2D eigenvalue weighted by molar-refractivity contribution is -0.141. The van der Waals surface area contributed by atoms with E-state index >= 15 is 0 Å². The molecule has 1 amide bonds. The van der Waals surface area contributed by atoms with Gasteiger partial charge in [0.15, 0.2) is 0 Å². The maximum atomic E-state index is 11.8. The van der Waals surface area contributed by atoms with Gasteiger partial charge in [0.05, 0.1) is 11.7 Å². The van der Waals surface area contributed by atoms with Crippen LogP contribution in [-0.4, -0.2) is 28.8 Å². The molecule has 108 valence electrons. The molecule has 6 heteroatoms. The van der Waals surface area contributed by atoms with Gasteiger partial charge in [-0.25, -0.2) is 0 Å². The first-order valence-corrected chi connectivity index (χ1v) is 7.81. The number of rotatable bonds is 5. The lowest BCUT2D eigenvalue weighted by Gasteiger charge is -2.12. The minimum absolute atomic E-state index is 0.00517. The molecule has 2 atom stereocenters. The van der Waals surface area contributed by atoms with Crippen LogP contribution in [0.15, 0.2) is 29.2 Å². The number of aliphatic carboxylic acids is 1. The molecule has 2 unspecified atom stereocenters. The fraction of sp³-hybridized carbons (Fsp3) is 0.429. The molecule has 1 aliphatic rings. The molecule has 0 saturated heterocycles. The largest absolute Gasteiger partial charge is 0.481 e. The van der Waals surface area contributed by atoms with Gasteiger partial charge in [-0.15, -0.1) is 11.8 Å². The zero-order valence-corrected chi connectivity index (χ0v) is 12.4. The van der Waals surface area contributed by atoms with Crippen LogP contribution in [0.25, 0.3) is 0 Å². The van der Waals surface area contributed by atoms with Gasteiger partial charge in [-0.2, -0.15) is 0 Å². The van der Waals surface area contributed by atoms with Crippen molar-refractivity contribution in [1.82, 2.24) is 5.32 Å². The second-order valence-electron chi connectivity index (χ2n) is 4.86. The number of hydrogen-bond acceptors (Lipinski definition) is 3. The van der Waals surface area contributed by atoms with E-state index in [-0.39, 0.29) is 17.9 Å². The van der Waals surface area contributed by atoms with E-state index in [4.69, 9.17) is 16.7 Å². The number of carboxylic acid groups (broad SMARTS) is 1. The van der Waals surface area contributed by atoms with Gasteiger partial charge in [0.25, 0.3) is 0 Å². The lowest BCUT2D eigenvalue weighted by atomic mass is 10.1. The third-order valence-corrected chi connectivity index (χ3v) is 4.59. The fourth-order valence-electron chi connectivity index (χ4n) is 2.29. The van der Waals surface area contributed by atoms with Crippen LogP contribution < -0.4 is 5.32 Å². The summed E-state index contributed by atoms with van der Waals surface area (Å²) in [7, 11) is 0. The topological polar surface area (TPSA) is 66.4 Å². The van der Waals surface area contributed by atoms with Crippen LogP contribution >= 0.6 is 23.4 Å². The fourth-order valence-corrected chi connectivity index (χ4v) is 3.12. The summed E-state index contributed by atoms with van der Waals surface area (Å²) in [6.45, 7) is 0. The van der Waals surface area contributed by atoms with Gasteiger partial charge < -0.3 is 10.4 Å². The van der Waals surface area contributed by atoms with Crippen LogP contribution in [0.4, 0.5) is 0 Å². The molecule has 2 N–H and O–H groups in total. The van der Waals surface area contributed by atoms with Crippen molar-refractivity contribution in [3.05, 3.63) is 29.3 Å². The zero-order valence-electron chi connectivity index (χ0n) is 10.8. The third-order valence-electron chi connectivity index (χ3n) is 3.33. The summed E-state index contributed by atoms with van der Waals surface area (Å²) in [6.07, 6.45) is 1.92. The molecular formula is C14H16ClNO3S. The first-order valence-electron chi connectivity index (χ1n) is 6.45. The Hall–Kier alpha value is -1.20. The first-order chi connectivity index (χ1) is 9.54. The van der Waals surface area contributed by atoms with Crippen molar-refractivity contribution in [1.29, 1.82) is 0 Å². The summed E-state index contributed by atoms with van der Waals surface area (Å²) in [5.41, 5.74) is 0.